The first-order valence-corrected chi connectivity index (χ1v) is 37.8. The maximum absolute atomic E-state index is 12.4. The van der Waals surface area contributed by atoms with Crippen LogP contribution in [0.3, 0.4) is 0 Å². The van der Waals surface area contributed by atoms with Crippen molar-refractivity contribution in [2.24, 2.45) is 0 Å². The summed E-state index contributed by atoms with van der Waals surface area (Å²) in [5.74, 6) is -0.922. The maximum atomic E-state index is 12.4. The van der Waals surface area contributed by atoms with Gasteiger partial charge in [-0.2, -0.15) is 0 Å². The molecule has 3 nitrogen and oxygen atoms in total. The molecule has 226 valence electrons. The Morgan fingerprint density at radius 3 is 1.45 bits per heavy atom. The van der Waals surface area contributed by atoms with Crippen LogP contribution in [0.5, 0.6) is 0 Å². The van der Waals surface area contributed by atoms with Gasteiger partial charge in [-0.25, -0.2) is 0 Å². The minimum Gasteiger partial charge on any atom is -0.285 e. The molecule has 1 aromatic heterocycles. The molecule has 0 bridgehead atoms. The van der Waals surface area contributed by atoms with Crippen molar-refractivity contribution in [3.63, 3.8) is 0 Å². The number of benzene rings is 2. The Kier molecular flexibility index (Phi) is 22.2. The van der Waals surface area contributed by atoms with Crippen LogP contribution in [0.4, 0.5) is 0 Å². The van der Waals surface area contributed by atoms with Gasteiger partial charge in [-0.05, 0) is 22.9 Å². The Morgan fingerprint density at radius 2 is 0.952 bits per heavy atom. The summed E-state index contributed by atoms with van der Waals surface area (Å²) in [6, 6.07) is 14.7. The molecule has 0 amide bonds. The molecule has 0 unspecified atom stereocenters. The van der Waals surface area contributed by atoms with Crippen LogP contribution in [0.2, 0.25) is 0 Å². The summed E-state index contributed by atoms with van der Waals surface area (Å²) in [5.41, 5.74) is 2.20. The van der Waals surface area contributed by atoms with Gasteiger partial charge in [0.15, 0.2) is 0 Å². The van der Waals surface area contributed by atoms with Crippen molar-refractivity contribution in [3.05, 3.63) is 65.9 Å². The number of hydrogen-bond acceptors (Lipinski definition) is 5. The Hall–Kier alpha value is 2.03. The Labute approximate surface area is 308 Å². The lowest BCUT2D eigenvalue weighted by molar-refractivity contribution is 0.0816. The number of hydrogen-bond donors (Lipinski definition) is 0. The number of rotatable bonds is 0. The van der Waals surface area contributed by atoms with Crippen molar-refractivity contribution < 1.29 is 9.59 Å². The molecule has 25 heteroatoms. The highest BCUT2D eigenvalue weighted by Crippen LogP contribution is 2.35. The fourth-order valence-corrected chi connectivity index (χ4v) is 52.4. The van der Waals surface area contributed by atoms with Gasteiger partial charge in [-0.15, -0.1) is 0 Å². The van der Waals surface area contributed by atoms with Gasteiger partial charge in [0, 0.05) is 217 Å². The number of pyridine rings is 1. The van der Waals surface area contributed by atoms with E-state index in [2.05, 4.69) is 4.98 Å². The van der Waals surface area contributed by atoms with E-state index >= 15 is 0 Å². The second kappa shape index (κ2) is 24.2. The van der Waals surface area contributed by atoms with Crippen molar-refractivity contribution in [1.82, 2.24) is 4.98 Å². The molecule has 4 rings (SSSR count). The second-order valence-electron chi connectivity index (χ2n) is 6.13. The third kappa shape index (κ3) is 13.6. The third-order valence-corrected chi connectivity index (χ3v) is 46.4. The molecule has 0 radical (unpaired) electrons. The number of aromatic nitrogens is 1. The molecule has 0 N–H and O–H groups in total. The summed E-state index contributed by atoms with van der Waals surface area (Å²) in [6.45, 7) is 0. The summed E-state index contributed by atoms with van der Waals surface area (Å²) >= 11 is 9.53. The highest BCUT2D eigenvalue weighted by atomic mass is 33.5. The van der Waals surface area contributed by atoms with Crippen LogP contribution in [0.15, 0.2) is 54.7 Å². The highest BCUT2D eigenvalue weighted by molar-refractivity contribution is 8.78. The molecule has 0 fully saturated rings. The van der Waals surface area contributed by atoms with E-state index in [-0.39, 0.29) is 0 Å². The third-order valence-electron chi connectivity index (χ3n) is 4.20. The lowest BCUT2D eigenvalue weighted by Crippen LogP contribution is -2.22. The summed E-state index contributed by atoms with van der Waals surface area (Å²) < 4.78 is 0. The quantitative estimate of drug-likeness (QED) is 0.325. The molecular formula is C17H9NO2S22. The molecule has 1 heterocycles. The van der Waals surface area contributed by atoms with E-state index in [0.29, 0.717) is 16.8 Å². The largest absolute Gasteiger partial charge is 0.285 e. The summed E-state index contributed by atoms with van der Waals surface area (Å²) in [6.07, 6.45) is 1.64. The first kappa shape index (κ1) is 38.5. The maximum Gasteiger partial charge on any atom is 0.235 e. The van der Waals surface area contributed by atoms with E-state index in [1.807, 2.05) is 36.4 Å². The van der Waals surface area contributed by atoms with E-state index in [0.717, 1.165) is 16.3 Å². The molecule has 3 aromatic rings. The number of Topliss-reactive ketones (excluding diaryl/α,β-unsaturated/α-hetero) is 2. The Balaban J connectivity index is 0.000000230. The predicted molar refractivity (Wildman–Crippen MR) is 238 cm³/mol. The van der Waals surface area contributed by atoms with Crippen LogP contribution in [0.1, 0.15) is 20.7 Å². The van der Waals surface area contributed by atoms with Crippen LogP contribution < -0.4 is 0 Å². The van der Waals surface area contributed by atoms with Gasteiger partial charge in [0.25, 0.3) is 0 Å². The smallest absolute Gasteiger partial charge is 0.235 e. The van der Waals surface area contributed by atoms with Gasteiger partial charge in [-0.1, -0.05) is 36.4 Å². The van der Waals surface area contributed by atoms with Crippen LogP contribution >= 0.6 is 0 Å². The van der Waals surface area contributed by atoms with Crippen LogP contribution in [-0.2, 0) is 200 Å². The van der Waals surface area contributed by atoms with Gasteiger partial charge < -0.3 is 0 Å². The standard InChI is InChI=1S/C17H9NO2.S22/c19-16-13-6-3-9-18-15(13)12-8-7-10-4-1-2-5-11(10)14(12)17(16)20;1-3-5-7-9-11-13-15-17-19-21-22-20-18-16-14-12-10-8-6-4-2/h1-9H;. The molecule has 42 heavy (non-hydrogen) atoms. The average Bonchev–Trinajstić information content (AvgIpc) is 3.03. The predicted octanol–water partition coefficient (Wildman–Crippen LogP) is 3.23. The summed E-state index contributed by atoms with van der Waals surface area (Å²) in [4.78, 5) is 28.9. The second-order valence-corrected chi connectivity index (χ2v) is 41.5. The van der Waals surface area contributed by atoms with Crippen molar-refractivity contribution >= 4 is 222 Å². The highest BCUT2D eigenvalue weighted by Gasteiger charge is 2.32. The number of carbonyl (C=O) groups is 2. The Bertz CT molecular complexity index is 2370. The van der Waals surface area contributed by atoms with Gasteiger partial charge >= 0.3 is 0 Å². The van der Waals surface area contributed by atoms with Gasteiger partial charge in [0.2, 0.25) is 11.6 Å². The van der Waals surface area contributed by atoms with Crippen molar-refractivity contribution in [3.8, 4) is 11.3 Å². The van der Waals surface area contributed by atoms with Crippen LogP contribution in [0.25, 0.3) is 22.0 Å². The van der Waals surface area contributed by atoms with Gasteiger partial charge in [0.1, 0.15) is 0 Å². The molecule has 1 aliphatic rings. The zero-order valence-electron chi connectivity index (χ0n) is 19.4. The zero-order chi connectivity index (χ0) is 29.8. The van der Waals surface area contributed by atoms with Crippen molar-refractivity contribution in [1.29, 1.82) is 0 Å². The van der Waals surface area contributed by atoms with Gasteiger partial charge in [-0.3, -0.25) is 14.6 Å². The zero-order valence-corrected chi connectivity index (χ0v) is 37.4. The minimum absolute atomic E-state index is 0.389. The van der Waals surface area contributed by atoms with E-state index in [4.69, 9.17) is 22.4 Å². The molecule has 1 aliphatic carbocycles. The molecule has 0 saturated heterocycles. The van der Waals surface area contributed by atoms with Crippen LogP contribution in [-0.4, -0.2) is 16.6 Å². The van der Waals surface area contributed by atoms with Gasteiger partial charge in [0.05, 0.1) is 11.3 Å². The first-order chi connectivity index (χ1) is 20.7. The Morgan fingerprint density at radius 1 is 0.476 bits per heavy atom. The number of ketones is 2. The van der Waals surface area contributed by atoms with E-state index in [9.17, 15) is 9.59 Å². The summed E-state index contributed by atoms with van der Waals surface area (Å²) in [5, 5.41) is 1.76. The topological polar surface area (TPSA) is 47.0 Å². The fourth-order valence-electron chi connectivity index (χ4n) is 2.96. The molecule has 0 atom stereocenters. The number of fused-ring (bicyclic) bond motifs is 5. The van der Waals surface area contributed by atoms with E-state index in [1.165, 1.54) is 17.8 Å². The average molecular weight is 965 g/mol. The number of nitrogens with zero attached hydrogens (tertiary/aromatic N) is 1. The van der Waals surface area contributed by atoms with Crippen LogP contribution in [0, 0.1) is 0 Å². The molecule has 2 aromatic carbocycles. The molecule has 0 spiro atoms. The monoisotopic (exact) mass is 962 g/mol. The minimum atomic E-state index is -0.475. The normalized spacial score (nSPS) is 10.2. The first-order valence-electron chi connectivity index (χ1n) is 9.83. The molecule has 0 saturated carbocycles. The SMILES string of the molecule is O=C1C(=O)c2c(ccc3ccccc23)-c2ncccc21.S=S=S=S=S=S=S=S=S=S=S=S=S=S=S=S=S=S=S=S=S=S. The fraction of sp³-hybridized carbons (Fsp3) is 0. The van der Waals surface area contributed by atoms with E-state index in [1.54, 1.807) is 178 Å². The van der Waals surface area contributed by atoms with Crippen molar-refractivity contribution in [2.45, 2.75) is 0 Å². The lowest BCUT2D eigenvalue weighted by atomic mass is 9.84. The molecule has 0 aliphatic heterocycles. The summed E-state index contributed by atoms with van der Waals surface area (Å²) in [7, 11) is 34.5. The van der Waals surface area contributed by atoms with Crippen molar-refractivity contribution in [2.75, 3.05) is 0 Å². The lowest BCUT2D eigenvalue weighted by Gasteiger charge is -2.18. The van der Waals surface area contributed by atoms with E-state index < -0.39 is 11.6 Å². The molecular weight excluding hydrogens is 956 g/mol. The number of carbonyl (C=O) groups excluding carboxylic acids is 2.